The maximum Gasteiger partial charge on any atom is 0.0951 e. The van der Waals surface area contributed by atoms with E-state index in [2.05, 4.69) is 35.6 Å². The van der Waals surface area contributed by atoms with Crippen molar-refractivity contribution in [2.24, 2.45) is 5.41 Å². The Morgan fingerprint density at radius 2 is 2.38 bits per heavy atom. The lowest BCUT2D eigenvalue weighted by molar-refractivity contribution is 0.356. The number of imidazole rings is 1. The van der Waals surface area contributed by atoms with Crippen LogP contribution in [0.25, 0.3) is 0 Å². The predicted molar refractivity (Wildman–Crippen MR) is 66.3 cm³/mol. The quantitative estimate of drug-likeness (QED) is 0.847. The number of nitrogens with zero attached hydrogens (tertiary/aromatic N) is 2. The van der Waals surface area contributed by atoms with Crippen LogP contribution in [0, 0.1) is 5.41 Å². The monoisotopic (exact) mass is 221 g/mol. The zero-order valence-electron chi connectivity index (χ0n) is 10.7. The Labute approximate surface area is 98.3 Å². The van der Waals surface area contributed by atoms with Gasteiger partial charge in [0.25, 0.3) is 0 Å². The fraction of sp³-hybridized carbons (Fsp3) is 0.769. The Kier molecular flexibility index (Phi) is 3.33. The molecule has 0 spiro atoms. The fourth-order valence-electron chi connectivity index (χ4n) is 2.69. The highest BCUT2D eigenvalue weighted by Crippen LogP contribution is 2.43. The summed E-state index contributed by atoms with van der Waals surface area (Å²) < 4.78 is 2.37. The van der Waals surface area contributed by atoms with E-state index in [-0.39, 0.29) is 0 Å². The molecule has 1 aromatic rings. The van der Waals surface area contributed by atoms with Gasteiger partial charge in [0.15, 0.2) is 0 Å². The van der Waals surface area contributed by atoms with Crippen molar-refractivity contribution in [3.05, 3.63) is 18.2 Å². The lowest BCUT2D eigenvalue weighted by Crippen LogP contribution is -2.17. The first kappa shape index (κ1) is 11.6. The summed E-state index contributed by atoms with van der Waals surface area (Å²) in [5, 5.41) is 3.37. The number of rotatable bonds is 4. The highest BCUT2D eigenvalue weighted by atomic mass is 15.1. The average molecular weight is 221 g/mol. The molecule has 1 aromatic heterocycles. The van der Waals surface area contributed by atoms with Crippen LogP contribution >= 0.6 is 0 Å². The van der Waals surface area contributed by atoms with Crippen LogP contribution in [0.3, 0.4) is 0 Å². The molecule has 90 valence electrons. The van der Waals surface area contributed by atoms with Crippen LogP contribution in [-0.4, -0.2) is 16.1 Å². The van der Waals surface area contributed by atoms with E-state index in [1.165, 1.54) is 25.0 Å². The molecular formula is C13H23N3. The fourth-order valence-corrected chi connectivity index (χ4v) is 2.69. The highest BCUT2D eigenvalue weighted by Gasteiger charge is 2.32. The van der Waals surface area contributed by atoms with Gasteiger partial charge in [-0.3, -0.25) is 0 Å². The first-order valence-electron chi connectivity index (χ1n) is 6.34. The van der Waals surface area contributed by atoms with Gasteiger partial charge in [-0.2, -0.15) is 0 Å². The van der Waals surface area contributed by atoms with Crippen molar-refractivity contribution in [3.63, 3.8) is 0 Å². The molecule has 1 fully saturated rings. The second-order valence-corrected chi connectivity index (χ2v) is 5.63. The van der Waals surface area contributed by atoms with Crippen molar-refractivity contribution in [1.82, 2.24) is 14.9 Å². The number of hydrogen-bond donors (Lipinski definition) is 1. The van der Waals surface area contributed by atoms with Crippen LogP contribution in [0.4, 0.5) is 0 Å². The van der Waals surface area contributed by atoms with Crippen molar-refractivity contribution in [3.8, 4) is 0 Å². The van der Waals surface area contributed by atoms with Gasteiger partial charge in [-0.25, -0.2) is 4.98 Å². The molecule has 3 heteroatoms. The molecule has 3 nitrogen and oxygen atoms in total. The van der Waals surface area contributed by atoms with Crippen LogP contribution in [0.1, 0.15) is 51.8 Å². The summed E-state index contributed by atoms with van der Waals surface area (Å²) in [4.78, 5) is 4.29. The van der Waals surface area contributed by atoms with Gasteiger partial charge in [-0.05, 0) is 31.2 Å². The van der Waals surface area contributed by atoms with E-state index >= 15 is 0 Å². The summed E-state index contributed by atoms with van der Waals surface area (Å²) in [6.07, 6.45) is 7.90. The topological polar surface area (TPSA) is 29.9 Å². The normalized spacial score (nSPS) is 23.8. The summed E-state index contributed by atoms with van der Waals surface area (Å²) in [5.74, 6) is 0. The molecule has 1 saturated carbocycles. The van der Waals surface area contributed by atoms with E-state index in [4.69, 9.17) is 0 Å². The Hall–Kier alpha value is -0.830. The maximum absolute atomic E-state index is 4.29. The van der Waals surface area contributed by atoms with E-state index in [0.717, 1.165) is 13.1 Å². The standard InChI is InChI=1S/C13H23N3/c1-4-14-8-12-9-15-10-16(12)11-5-6-13(2,3)7-11/h9-11,14H,4-8H2,1-3H3. The molecule has 1 aliphatic rings. The maximum atomic E-state index is 4.29. The molecule has 1 heterocycles. The molecule has 0 saturated heterocycles. The number of aromatic nitrogens is 2. The lowest BCUT2D eigenvalue weighted by atomic mass is 9.92. The molecule has 2 rings (SSSR count). The van der Waals surface area contributed by atoms with Crippen molar-refractivity contribution < 1.29 is 0 Å². The molecule has 1 aliphatic carbocycles. The summed E-state index contributed by atoms with van der Waals surface area (Å²) in [6, 6.07) is 0.658. The number of hydrogen-bond acceptors (Lipinski definition) is 2. The summed E-state index contributed by atoms with van der Waals surface area (Å²) in [6.45, 7) is 8.83. The zero-order valence-corrected chi connectivity index (χ0v) is 10.7. The lowest BCUT2D eigenvalue weighted by Gasteiger charge is -2.19. The van der Waals surface area contributed by atoms with Gasteiger partial charge in [0, 0.05) is 18.8 Å². The van der Waals surface area contributed by atoms with Crippen LogP contribution in [0.5, 0.6) is 0 Å². The molecular weight excluding hydrogens is 198 g/mol. The smallest absolute Gasteiger partial charge is 0.0951 e. The molecule has 0 radical (unpaired) electrons. The molecule has 0 amide bonds. The van der Waals surface area contributed by atoms with Crippen molar-refractivity contribution in [2.75, 3.05) is 6.54 Å². The van der Waals surface area contributed by atoms with E-state index < -0.39 is 0 Å². The second kappa shape index (κ2) is 4.58. The first-order chi connectivity index (χ1) is 7.62. The molecule has 1 unspecified atom stereocenters. The third-order valence-corrected chi connectivity index (χ3v) is 3.64. The van der Waals surface area contributed by atoms with E-state index in [1.807, 2.05) is 12.5 Å². The van der Waals surface area contributed by atoms with Crippen LogP contribution in [0.2, 0.25) is 0 Å². The van der Waals surface area contributed by atoms with Crippen molar-refractivity contribution >= 4 is 0 Å². The van der Waals surface area contributed by atoms with E-state index in [9.17, 15) is 0 Å². The Morgan fingerprint density at radius 1 is 1.56 bits per heavy atom. The van der Waals surface area contributed by atoms with E-state index in [1.54, 1.807) is 0 Å². The molecule has 0 aliphatic heterocycles. The highest BCUT2D eigenvalue weighted by molar-refractivity contribution is 5.02. The zero-order chi connectivity index (χ0) is 11.6. The minimum Gasteiger partial charge on any atom is -0.330 e. The molecule has 16 heavy (non-hydrogen) atoms. The van der Waals surface area contributed by atoms with Gasteiger partial charge in [-0.15, -0.1) is 0 Å². The molecule has 0 aromatic carbocycles. The van der Waals surface area contributed by atoms with E-state index in [0.29, 0.717) is 11.5 Å². The molecule has 1 N–H and O–H groups in total. The Morgan fingerprint density at radius 3 is 3.00 bits per heavy atom. The van der Waals surface area contributed by atoms with Gasteiger partial charge >= 0.3 is 0 Å². The minimum absolute atomic E-state index is 0.504. The van der Waals surface area contributed by atoms with Gasteiger partial charge in [-0.1, -0.05) is 20.8 Å². The summed E-state index contributed by atoms with van der Waals surface area (Å²) in [7, 11) is 0. The Balaban J connectivity index is 2.06. The van der Waals surface area contributed by atoms with Crippen LogP contribution < -0.4 is 5.32 Å². The minimum atomic E-state index is 0.504. The largest absolute Gasteiger partial charge is 0.330 e. The first-order valence-corrected chi connectivity index (χ1v) is 6.34. The third-order valence-electron chi connectivity index (χ3n) is 3.64. The molecule has 0 bridgehead atoms. The predicted octanol–water partition coefficient (Wildman–Crippen LogP) is 2.74. The van der Waals surface area contributed by atoms with Crippen molar-refractivity contribution in [1.29, 1.82) is 0 Å². The SMILES string of the molecule is CCNCc1cncn1C1CCC(C)(C)C1. The van der Waals surface area contributed by atoms with Crippen molar-refractivity contribution in [2.45, 2.75) is 52.6 Å². The van der Waals surface area contributed by atoms with Gasteiger partial charge < -0.3 is 9.88 Å². The third kappa shape index (κ3) is 2.46. The van der Waals surface area contributed by atoms with Crippen LogP contribution in [-0.2, 0) is 6.54 Å². The Bertz CT molecular complexity index is 341. The number of nitrogens with one attached hydrogen (secondary N) is 1. The molecule has 1 atom stereocenters. The van der Waals surface area contributed by atoms with Gasteiger partial charge in [0.2, 0.25) is 0 Å². The summed E-state index contributed by atoms with van der Waals surface area (Å²) >= 11 is 0. The summed E-state index contributed by atoms with van der Waals surface area (Å²) in [5.41, 5.74) is 1.83. The average Bonchev–Trinajstić information content (AvgIpc) is 2.81. The van der Waals surface area contributed by atoms with Crippen LogP contribution in [0.15, 0.2) is 12.5 Å². The second-order valence-electron chi connectivity index (χ2n) is 5.63. The van der Waals surface area contributed by atoms with Gasteiger partial charge in [0.1, 0.15) is 0 Å². The van der Waals surface area contributed by atoms with Gasteiger partial charge in [0.05, 0.1) is 12.0 Å².